The fraction of sp³-hybridized carbons (Fsp3) is 0.477. The highest BCUT2D eigenvalue weighted by atomic mass is 35.5. The normalized spacial score (nSPS) is 24.4. The van der Waals surface area contributed by atoms with E-state index in [0.29, 0.717) is 45.1 Å². The minimum Gasteiger partial charge on any atom is -0.371 e. The first-order valence-electron chi connectivity index (χ1n) is 20.2. The first-order valence-corrected chi connectivity index (χ1v) is 20.6. The van der Waals surface area contributed by atoms with E-state index >= 15 is 0 Å². The number of nitrogens with one attached hydrogen (secondary N) is 1. The van der Waals surface area contributed by atoms with Crippen LogP contribution in [0.1, 0.15) is 84.1 Å². The van der Waals surface area contributed by atoms with Crippen molar-refractivity contribution in [2.45, 2.75) is 69.9 Å². The Kier molecular flexibility index (Phi) is 9.53. The van der Waals surface area contributed by atoms with Crippen LogP contribution < -0.4 is 20.0 Å². The van der Waals surface area contributed by atoms with Crippen LogP contribution in [-0.2, 0) is 9.59 Å². The van der Waals surface area contributed by atoms with Crippen LogP contribution in [0.4, 0.5) is 22.7 Å². The SMILES string of the molecule is [C-]#[N+]c1ccc(N2CC3(CCN(c4ccc(C5CCN(CC6CN(c7ccc8c(c7)C(=O)N(C7CCC(=O)NC7=O)C8=O)C6)CC5)cc4)CC3)C[C@@H]2C)cc1Cl. The number of hydrogen-bond acceptors (Lipinski definition) is 8. The van der Waals surface area contributed by atoms with Crippen molar-refractivity contribution < 1.29 is 19.2 Å². The molecule has 0 radical (unpaired) electrons. The van der Waals surface area contributed by atoms with Crippen LogP contribution in [0.3, 0.4) is 0 Å². The third-order valence-corrected chi connectivity index (χ3v) is 13.9. The molecule has 3 aromatic rings. The first-order chi connectivity index (χ1) is 27.1. The van der Waals surface area contributed by atoms with Gasteiger partial charge in [-0.05, 0) is 118 Å². The minimum atomic E-state index is -0.951. The Labute approximate surface area is 333 Å². The quantitative estimate of drug-likeness (QED) is 0.215. The van der Waals surface area contributed by atoms with Gasteiger partial charge in [0.25, 0.3) is 11.8 Å². The van der Waals surface area contributed by atoms with Crippen LogP contribution in [0.5, 0.6) is 0 Å². The topological polar surface area (TPSA) is 101 Å². The summed E-state index contributed by atoms with van der Waals surface area (Å²) >= 11 is 6.40. The van der Waals surface area contributed by atoms with Crippen molar-refractivity contribution in [3.63, 3.8) is 0 Å². The lowest BCUT2D eigenvalue weighted by atomic mass is 9.76. The fourth-order valence-electron chi connectivity index (χ4n) is 10.4. The Morgan fingerprint density at radius 3 is 2.21 bits per heavy atom. The van der Waals surface area contributed by atoms with Gasteiger partial charge in [0.1, 0.15) is 6.04 Å². The van der Waals surface area contributed by atoms with E-state index in [1.165, 1.54) is 30.5 Å². The van der Waals surface area contributed by atoms with Crippen molar-refractivity contribution in [2.24, 2.45) is 11.3 Å². The van der Waals surface area contributed by atoms with Crippen molar-refractivity contribution >= 4 is 58.0 Å². The molecule has 2 atom stereocenters. The van der Waals surface area contributed by atoms with Crippen molar-refractivity contribution in [2.75, 3.05) is 67.1 Å². The second-order valence-corrected chi connectivity index (χ2v) is 17.4. The number of hydrogen-bond donors (Lipinski definition) is 1. The number of halogens is 1. The monoisotopic (exact) mass is 773 g/mol. The Morgan fingerprint density at radius 1 is 0.821 bits per heavy atom. The lowest BCUT2D eigenvalue weighted by Gasteiger charge is -2.44. The number of imide groups is 2. The van der Waals surface area contributed by atoms with Crippen LogP contribution in [0.2, 0.25) is 5.02 Å². The second kappa shape index (κ2) is 14.5. The van der Waals surface area contributed by atoms with Crippen molar-refractivity contribution in [1.82, 2.24) is 15.1 Å². The summed E-state index contributed by atoms with van der Waals surface area (Å²) in [6.45, 7) is 17.9. The number of rotatable bonds is 7. The Balaban J connectivity index is 0.725. The Morgan fingerprint density at radius 2 is 1.52 bits per heavy atom. The highest BCUT2D eigenvalue weighted by Crippen LogP contribution is 2.46. The average molecular weight is 774 g/mol. The maximum Gasteiger partial charge on any atom is 0.262 e. The molecule has 6 heterocycles. The Hall–Kier alpha value is -4.92. The fourth-order valence-corrected chi connectivity index (χ4v) is 10.6. The number of fused-ring (bicyclic) bond motifs is 1. The Bertz CT molecular complexity index is 2110. The van der Waals surface area contributed by atoms with Gasteiger partial charge in [-0.15, -0.1) is 0 Å². The van der Waals surface area contributed by atoms with Gasteiger partial charge in [0.15, 0.2) is 0 Å². The lowest BCUT2D eigenvalue weighted by Crippen LogP contribution is -2.54. The summed E-state index contributed by atoms with van der Waals surface area (Å²) in [5, 5.41) is 2.79. The molecule has 11 nitrogen and oxygen atoms in total. The molecular formula is C44H48ClN7O4. The molecule has 6 aliphatic rings. The summed E-state index contributed by atoms with van der Waals surface area (Å²) in [5.74, 6) is -0.772. The molecule has 56 heavy (non-hydrogen) atoms. The van der Waals surface area contributed by atoms with Crippen molar-refractivity contribution in [3.05, 3.63) is 93.8 Å². The summed E-state index contributed by atoms with van der Waals surface area (Å²) in [5.41, 5.74) is 6.30. The molecule has 4 amide bonds. The van der Waals surface area contributed by atoms with Gasteiger partial charge in [-0.2, -0.15) is 0 Å². The predicted molar refractivity (Wildman–Crippen MR) is 217 cm³/mol. The van der Waals surface area contributed by atoms with Gasteiger partial charge in [0.2, 0.25) is 17.5 Å². The molecule has 290 valence electrons. The zero-order valence-corrected chi connectivity index (χ0v) is 32.6. The maximum absolute atomic E-state index is 13.3. The second-order valence-electron chi connectivity index (χ2n) is 17.0. The van der Waals surface area contributed by atoms with E-state index in [1.54, 1.807) is 12.1 Å². The standard InChI is InChI=1S/C44H48ClN7O4/c1-28-23-44(27-51(28)34-8-10-38(46-2)37(45)22-34)15-19-49(20-16-44)32-5-3-30(4-6-32)31-13-17-48(18-14-31)24-29-25-50(26-29)33-7-9-35-36(21-33)43(56)52(42(35)55)39-11-12-40(53)47-41(39)54/h3-10,21-22,28-29,31,39H,11-20,23-27H2,1H3,(H,47,53,54)/t28-,39?/m0/s1. The zero-order valence-electron chi connectivity index (χ0n) is 31.9. The molecule has 9 rings (SSSR count). The molecule has 0 bridgehead atoms. The number of likely N-dealkylation sites (tertiary alicyclic amines) is 1. The van der Waals surface area contributed by atoms with Gasteiger partial charge in [-0.3, -0.25) is 29.4 Å². The number of nitrogens with zero attached hydrogens (tertiary/aromatic N) is 6. The molecular weight excluding hydrogens is 726 g/mol. The van der Waals surface area contributed by atoms with Gasteiger partial charge in [-0.25, -0.2) is 4.85 Å². The number of carbonyl (C=O) groups excluding carboxylic acids is 4. The summed E-state index contributed by atoms with van der Waals surface area (Å²) in [7, 11) is 0. The summed E-state index contributed by atoms with van der Waals surface area (Å²) in [6, 6.07) is 20.1. The average Bonchev–Trinajstić information content (AvgIpc) is 3.64. The highest BCUT2D eigenvalue weighted by Gasteiger charge is 2.46. The molecule has 6 aliphatic heterocycles. The van der Waals surface area contributed by atoms with E-state index in [2.05, 4.69) is 67.0 Å². The summed E-state index contributed by atoms with van der Waals surface area (Å²) < 4.78 is 0. The van der Waals surface area contributed by atoms with Crippen LogP contribution in [0.25, 0.3) is 4.85 Å². The summed E-state index contributed by atoms with van der Waals surface area (Å²) in [6.07, 6.45) is 6.13. The van der Waals surface area contributed by atoms with Crippen molar-refractivity contribution in [3.8, 4) is 0 Å². The van der Waals surface area contributed by atoms with Gasteiger partial charge >= 0.3 is 0 Å². The van der Waals surface area contributed by atoms with Gasteiger partial charge in [-0.1, -0.05) is 29.8 Å². The van der Waals surface area contributed by atoms with E-state index in [4.69, 9.17) is 18.2 Å². The number of piperidine rings is 3. The van der Waals surface area contributed by atoms with Crippen LogP contribution in [0, 0.1) is 17.9 Å². The summed E-state index contributed by atoms with van der Waals surface area (Å²) in [4.78, 5) is 64.8. The van der Waals surface area contributed by atoms with E-state index in [0.717, 1.165) is 81.5 Å². The van der Waals surface area contributed by atoms with Crippen molar-refractivity contribution in [1.29, 1.82) is 0 Å². The number of amides is 4. The third kappa shape index (κ3) is 6.71. The predicted octanol–water partition coefficient (Wildman–Crippen LogP) is 6.49. The minimum absolute atomic E-state index is 0.108. The maximum atomic E-state index is 13.3. The molecule has 12 heteroatoms. The van der Waals surface area contributed by atoms with E-state index in [1.807, 2.05) is 18.2 Å². The third-order valence-electron chi connectivity index (χ3n) is 13.6. The van der Waals surface area contributed by atoms with E-state index in [9.17, 15) is 19.2 Å². The van der Waals surface area contributed by atoms with Gasteiger partial charge < -0.3 is 19.6 Å². The van der Waals surface area contributed by atoms with E-state index < -0.39 is 23.8 Å². The van der Waals surface area contributed by atoms with Crippen LogP contribution in [-0.4, -0.2) is 97.9 Å². The number of anilines is 3. The van der Waals surface area contributed by atoms with Gasteiger partial charge in [0, 0.05) is 79.7 Å². The lowest BCUT2D eigenvalue weighted by molar-refractivity contribution is -0.136. The molecule has 0 aliphatic carbocycles. The van der Waals surface area contributed by atoms with E-state index in [-0.39, 0.29) is 18.7 Å². The van der Waals surface area contributed by atoms with Crippen LogP contribution in [0.15, 0.2) is 60.7 Å². The molecule has 5 fully saturated rings. The molecule has 0 aromatic heterocycles. The molecule has 1 unspecified atom stereocenters. The number of carbonyl (C=O) groups is 4. The number of benzene rings is 3. The molecule has 3 aromatic carbocycles. The first kappa shape index (κ1) is 36.7. The van der Waals surface area contributed by atoms with Gasteiger partial charge in [0.05, 0.1) is 17.7 Å². The van der Waals surface area contributed by atoms with Crippen LogP contribution >= 0.6 is 11.6 Å². The highest BCUT2D eigenvalue weighted by molar-refractivity contribution is 6.33. The zero-order chi connectivity index (χ0) is 38.7. The molecule has 1 spiro atoms. The molecule has 5 saturated heterocycles. The largest absolute Gasteiger partial charge is 0.371 e. The molecule has 1 N–H and O–H groups in total. The molecule has 0 saturated carbocycles. The smallest absolute Gasteiger partial charge is 0.262 e.